The van der Waals surface area contributed by atoms with Gasteiger partial charge in [-0.05, 0) is 38.2 Å². The van der Waals surface area contributed by atoms with Gasteiger partial charge in [0, 0.05) is 12.5 Å². The van der Waals surface area contributed by atoms with Gasteiger partial charge >= 0.3 is 0 Å². The third kappa shape index (κ3) is 16.8. The van der Waals surface area contributed by atoms with Crippen LogP contribution in [0, 0.1) is 5.92 Å². The first-order valence-corrected chi connectivity index (χ1v) is 11.3. The van der Waals surface area contributed by atoms with Crippen molar-refractivity contribution in [2.24, 2.45) is 11.7 Å². The van der Waals surface area contributed by atoms with E-state index in [4.69, 9.17) is 15.6 Å². The molecule has 1 atom stereocenters. The first kappa shape index (κ1) is 26.6. The van der Waals surface area contributed by atoms with Gasteiger partial charge in [-0.25, -0.2) is 0 Å². The lowest BCUT2D eigenvalue weighted by molar-refractivity contribution is -0.134. The Labute approximate surface area is 174 Å². The van der Waals surface area contributed by atoms with Crippen LogP contribution in [0.4, 0.5) is 0 Å². The molecule has 162 valence electrons. The molecule has 3 heteroatoms. The highest BCUT2D eigenvalue weighted by Crippen LogP contribution is 2.25. The second-order valence-corrected chi connectivity index (χ2v) is 8.70. The minimum Gasteiger partial charge on any atom is -0.481 e. The number of hydrogen-bond donors (Lipinski definition) is 2. The van der Waals surface area contributed by atoms with Crippen LogP contribution >= 0.6 is 0 Å². The van der Waals surface area contributed by atoms with E-state index in [0.29, 0.717) is 5.92 Å². The molecule has 1 unspecified atom stereocenters. The molecule has 0 aliphatic heterocycles. The molecule has 0 radical (unpaired) electrons. The number of hydrogen-bond acceptors (Lipinski definition) is 2. The van der Waals surface area contributed by atoms with Crippen molar-refractivity contribution in [3.8, 4) is 0 Å². The molecule has 0 aliphatic carbocycles. The SMILES string of the molecule is CC(=O)O.CCCCCCCCCCCCC(Cc1ccccc1)C(C)(C)N. The third-order valence-corrected chi connectivity index (χ3v) is 5.28. The molecule has 0 aliphatic rings. The van der Waals surface area contributed by atoms with E-state index in [1.807, 2.05) is 0 Å². The zero-order valence-corrected chi connectivity index (χ0v) is 18.9. The molecule has 1 rings (SSSR count). The fourth-order valence-corrected chi connectivity index (χ4v) is 3.51. The lowest BCUT2D eigenvalue weighted by Crippen LogP contribution is -2.42. The molecule has 1 aromatic rings. The quantitative estimate of drug-likeness (QED) is 0.336. The molecular weight excluding hydrogens is 346 g/mol. The van der Waals surface area contributed by atoms with Crippen LogP contribution in [0.3, 0.4) is 0 Å². The Kier molecular flexibility index (Phi) is 15.8. The average Bonchev–Trinajstić information content (AvgIpc) is 2.62. The number of nitrogens with two attached hydrogens (primary N) is 1. The fourth-order valence-electron chi connectivity index (χ4n) is 3.51. The van der Waals surface area contributed by atoms with Crippen LogP contribution in [0.2, 0.25) is 0 Å². The maximum atomic E-state index is 9.00. The summed E-state index contributed by atoms with van der Waals surface area (Å²) in [5.41, 5.74) is 7.78. The monoisotopic (exact) mass is 391 g/mol. The standard InChI is InChI=1S/C23H41N.C2H4O2/c1-4-5-6-7-8-9-10-11-12-16-19-22(23(2,3)24)20-21-17-14-13-15-18-21;1-2(3)4/h13-15,17-18,22H,4-12,16,19-20,24H2,1-3H3;1H3,(H,3,4). The number of carboxylic acid groups (broad SMARTS) is 1. The highest BCUT2D eigenvalue weighted by Gasteiger charge is 2.24. The summed E-state index contributed by atoms with van der Waals surface area (Å²) in [5, 5.41) is 7.42. The molecule has 0 bridgehead atoms. The Morgan fingerprint density at radius 3 is 1.79 bits per heavy atom. The van der Waals surface area contributed by atoms with Crippen LogP contribution in [0.5, 0.6) is 0 Å². The second kappa shape index (κ2) is 16.6. The summed E-state index contributed by atoms with van der Waals surface area (Å²) in [6, 6.07) is 10.8. The van der Waals surface area contributed by atoms with Crippen LogP contribution in [0.25, 0.3) is 0 Å². The fraction of sp³-hybridized carbons (Fsp3) is 0.720. The molecule has 28 heavy (non-hydrogen) atoms. The van der Waals surface area contributed by atoms with Crippen molar-refractivity contribution < 1.29 is 9.90 Å². The molecule has 0 heterocycles. The zero-order valence-electron chi connectivity index (χ0n) is 18.9. The lowest BCUT2D eigenvalue weighted by Gasteiger charge is -2.31. The van der Waals surface area contributed by atoms with Crippen molar-refractivity contribution in [2.75, 3.05) is 0 Å². The summed E-state index contributed by atoms with van der Waals surface area (Å²) in [6.07, 6.45) is 16.4. The van der Waals surface area contributed by atoms with E-state index in [0.717, 1.165) is 13.3 Å². The van der Waals surface area contributed by atoms with Crippen molar-refractivity contribution >= 4 is 5.97 Å². The molecule has 0 saturated heterocycles. The molecule has 1 aromatic carbocycles. The van der Waals surface area contributed by atoms with E-state index in [2.05, 4.69) is 51.1 Å². The first-order valence-electron chi connectivity index (χ1n) is 11.3. The predicted molar refractivity (Wildman–Crippen MR) is 122 cm³/mol. The Morgan fingerprint density at radius 1 is 0.929 bits per heavy atom. The van der Waals surface area contributed by atoms with E-state index in [9.17, 15) is 0 Å². The molecule has 0 spiro atoms. The van der Waals surface area contributed by atoms with Crippen LogP contribution in [-0.4, -0.2) is 16.6 Å². The predicted octanol–water partition coefficient (Wildman–Crippen LogP) is 6.98. The Morgan fingerprint density at radius 2 is 1.36 bits per heavy atom. The second-order valence-electron chi connectivity index (χ2n) is 8.70. The smallest absolute Gasteiger partial charge is 0.300 e. The number of carbonyl (C=O) groups is 1. The first-order chi connectivity index (χ1) is 13.3. The Hall–Kier alpha value is -1.35. The molecular formula is C25H45NO2. The average molecular weight is 392 g/mol. The Balaban J connectivity index is 0.00000165. The summed E-state index contributed by atoms with van der Waals surface area (Å²) in [4.78, 5) is 9.00. The molecule has 0 saturated carbocycles. The van der Waals surface area contributed by atoms with Crippen molar-refractivity contribution in [1.29, 1.82) is 0 Å². The third-order valence-electron chi connectivity index (χ3n) is 5.28. The normalized spacial score (nSPS) is 12.2. The van der Waals surface area contributed by atoms with Crippen molar-refractivity contribution in [3.63, 3.8) is 0 Å². The number of unbranched alkanes of at least 4 members (excludes halogenated alkanes) is 9. The maximum Gasteiger partial charge on any atom is 0.300 e. The van der Waals surface area contributed by atoms with E-state index in [-0.39, 0.29) is 5.54 Å². The topological polar surface area (TPSA) is 63.3 Å². The Bertz CT molecular complexity index is 475. The molecule has 3 N–H and O–H groups in total. The molecule has 0 aromatic heterocycles. The van der Waals surface area contributed by atoms with Crippen LogP contribution in [0.1, 0.15) is 104 Å². The number of carboxylic acids is 1. The summed E-state index contributed by atoms with van der Waals surface area (Å²) in [7, 11) is 0. The molecule has 0 fully saturated rings. The minimum atomic E-state index is -0.833. The number of rotatable bonds is 14. The van der Waals surface area contributed by atoms with E-state index in [1.54, 1.807) is 0 Å². The van der Waals surface area contributed by atoms with Gasteiger partial charge in [-0.3, -0.25) is 4.79 Å². The maximum absolute atomic E-state index is 9.00. The summed E-state index contributed by atoms with van der Waals surface area (Å²) in [6.45, 7) is 7.75. The van der Waals surface area contributed by atoms with Gasteiger partial charge in [0.25, 0.3) is 5.97 Å². The summed E-state index contributed by atoms with van der Waals surface area (Å²) < 4.78 is 0. The lowest BCUT2D eigenvalue weighted by atomic mass is 9.80. The summed E-state index contributed by atoms with van der Waals surface area (Å²) in [5.74, 6) is -0.256. The summed E-state index contributed by atoms with van der Waals surface area (Å²) >= 11 is 0. The highest BCUT2D eigenvalue weighted by molar-refractivity contribution is 5.62. The van der Waals surface area contributed by atoms with Gasteiger partial charge in [0.2, 0.25) is 0 Å². The van der Waals surface area contributed by atoms with Gasteiger partial charge in [-0.1, -0.05) is 101 Å². The zero-order chi connectivity index (χ0) is 21.3. The van der Waals surface area contributed by atoms with Gasteiger partial charge in [-0.2, -0.15) is 0 Å². The van der Waals surface area contributed by atoms with Crippen LogP contribution in [0.15, 0.2) is 30.3 Å². The highest BCUT2D eigenvalue weighted by atomic mass is 16.4. The van der Waals surface area contributed by atoms with E-state index in [1.165, 1.54) is 76.2 Å². The molecule has 0 amide bonds. The van der Waals surface area contributed by atoms with Crippen molar-refractivity contribution in [2.45, 2.75) is 110 Å². The van der Waals surface area contributed by atoms with Crippen LogP contribution in [-0.2, 0) is 11.2 Å². The molecule has 3 nitrogen and oxygen atoms in total. The number of benzene rings is 1. The van der Waals surface area contributed by atoms with Crippen molar-refractivity contribution in [1.82, 2.24) is 0 Å². The van der Waals surface area contributed by atoms with Gasteiger partial charge in [0.1, 0.15) is 0 Å². The van der Waals surface area contributed by atoms with Crippen LogP contribution < -0.4 is 5.73 Å². The van der Waals surface area contributed by atoms with Gasteiger partial charge in [0.15, 0.2) is 0 Å². The van der Waals surface area contributed by atoms with Gasteiger partial charge in [0.05, 0.1) is 0 Å². The minimum absolute atomic E-state index is 0.0882. The van der Waals surface area contributed by atoms with E-state index < -0.39 is 5.97 Å². The van der Waals surface area contributed by atoms with E-state index >= 15 is 0 Å². The van der Waals surface area contributed by atoms with Gasteiger partial charge < -0.3 is 10.8 Å². The number of aliphatic carboxylic acids is 1. The van der Waals surface area contributed by atoms with Gasteiger partial charge in [-0.15, -0.1) is 0 Å². The van der Waals surface area contributed by atoms with Crippen molar-refractivity contribution in [3.05, 3.63) is 35.9 Å². The largest absolute Gasteiger partial charge is 0.481 e.